The third-order valence-electron chi connectivity index (χ3n) is 5.36. The van der Waals surface area contributed by atoms with Crippen molar-refractivity contribution in [2.45, 2.75) is 32.8 Å². The maximum Gasteiger partial charge on any atom is 0.282 e. The van der Waals surface area contributed by atoms with Gasteiger partial charge in [-0.1, -0.05) is 72.0 Å². The van der Waals surface area contributed by atoms with E-state index in [0.29, 0.717) is 43.8 Å². The Hall–Kier alpha value is -2.87. The Morgan fingerprint density at radius 1 is 1.06 bits per heavy atom. The molecule has 186 valence electrons. The molecule has 36 heavy (non-hydrogen) atoms. The van der Waals surface area contributed by atoms with Crippen LogP contribution in [0.2, 0.25) is 10.0 Å². The summed E-state index contributed by atoms with van der Waals surface area (Å²) in [5.41, 5.74) is 1.36. The van der Waals surface area contributed by atoms with Crippen LogP contribution < -0.4 is 15.0 Å². The van der Waals surface area contributed by atoms with E-state index in [2.05, 4.69) is 21.0 Å². The second-order valence-electron chi connectivity index (χ2n) is 9.15. The van der Waals surface area contributed by atoms with Gasteiger partial charge in [0, 0.05) is 31.6 Å². The van der Waals surface area contributed by atoms with Crippen molar-refractivity contribution in [1.82, 2.24) is 9.66 Å². The summed E-state index contributed by atoms with van der Waals surface area (Å²) in [6.07, 6.45) is 1.54. The van der Waals surface area contributed by atoms with Gasteiger partial charge in [0.05, 0.1) is 24.2 Å². The van der Waals surface area contributed by atoms with Crippen LogP contribution in [-0.2, 0) is 12.0 Å². The van der Waals surface area contributed by atoms with Crippen molar-refractivity contribution in [1.29, 1.82) is 0 Å². The summed E-state index contributed by atoms with van der Waals surface area (Å²) in [5, 5.41) is 6.10. The van der Waals surface area contributed by atoms with Gasteiger partial charge in [-0.2, -0.15) is 9.78 Å². The molecule has 4 rings (SSSR count). The minimum atomic E-state index is -0.447. The topological polar surface area (TPSA) is 65.7 Å². The molecular formula is C27H24BrCl2N3O3. The van der Waals surface area contributed by atoms with Crippen LogP contribution in [0.4, 0.5) is 0 Å². The highest BCUT2D eigenvalue weighted by molar-refractivity contribution is 9.10. The molecule has 0 atom stereocenters. The lowest BCUT2D eigenvalue weighted by molar-refractivity contribution is 0.284. The Balaban J connectivity index is 1.81. The predicted octanol–water partition coefficient (Wildman–Crippen LogP) is 7.23. The van der Waals surface area contributed by atoms with E-state index < -0.39 is 5.41 Å². The molecule has 0 aliphatic carbocycles. The van der Waals surface area contributed by atoms with E-state index in [1.54, 1.807) is 30.3 Å². The summed E-state index contributed by atoms with van der Waals surface area (Å²) >= 11 is 15.8. The van der Waals surface area contributed by atoms with Gasteiger partial charge in [-0.3, -0.25) is 4.79 Å². The van der Waals surface area contributed by atoms with Crippen molar-refractivity contribution in [2.24, 2.45) is 5.10 Å². The van der Waals surface area contributed by atoms with Crippen LogP contribution in [0.15, 0.2) is 69.0 Å². The minimum absolute atomic E-state index is 0.273. The summed E-state index contributed by atoms with van der Waals surface area (Å²) < 4.78 is 13.7. The molecule has 0 bridgehead atoms. The summed E-state index contributed by atoms with van der Waals surface area (Å²) in [6.45, 7) is 6.21. The lowest BCUT2D eigenvalue weighted by Crippen LogP contribution is -2.29. The first-order valence-electron chi connectivity index (χ1n) is 11.1. The Kier molecular flexibility index (Phi) is 7.73. The minimum Gasteiger partial charge on any atom is -0.493 e. The first kappa shape index (κ1) is 26.2. The Bertz CT molecular complexity index is 1510. The molecule has 6 nitrogen and oxygen atoms in total. The molecule has 0 aliphatic heterocycles. The molecule has 4 aromatic rings. The number of hydrogen-bond donors (Lipinski definition) is 0. The van der Waals surface area contributed by atoms with Crippen molar-refractivity contribution >= 4 is 56.2 Å². The average Bonchev–Trinajstić information content (AvgIpc) is 2.83. The van der Waals surface area contributed by atoms with E-state index in [1.807, 2.05) is 45.0 Å². The first-order valence-corrected chi connectivity index (χ1v) is 12.6. The standard InChI is InChI=1S/C27H24BrCl2N3O3/c1-27(2,3)26-32-22-10-7-18(28)12-21(22)25(34)33(26)31-14-17-11-20(30)13-23(35-4)24(17)36-15-16-5-8-19(29)9-6-16/h5-14H,15H2,1-4H3. The van der Waals surface area contributed by atoms with E-state index in [1.165, 1.54) is 18.0 Å². The normalized spacial score (nSPS) is 11.9. The van der Waals surface area contributed by atoms with Gasteiger partial charge in [0.25, 0.3) is 5.56 Å². The van der Waals surface area contributed by atoms with Gasteiger partial charge in [0.15, 0.2) is 11.5 Å². The number of benzene rings is 3. The molecule has 0 spiro atoms. The van der Waals surface area contributed by atoms with E-state index >= 15 is 0 Å². The van der Waals surface area contributed by atoms with Gasteiger partial charge in [-0.15, -0.1) is 0 Å². The monoisotopic (exact) mass is 587 g/mol. The maximum atomic E-state index is 13.5. The van der Waals surface area contributed by atoms with Crippen LogP contribution >= 0.6 is 39.1 Å². The van der Waals surface area contributed by atoms with E-state index in [-0.39, 0.29) is 12.2 Å². The van der Waals surface area contributed by atoms with Crippen molar-refractivity contribution in [2.75, 3.05) is 7.11 Å². The summed E-state index contributed by atoms with van der Waals surface area (Å²) in [4.78, 5) is 18.2. The lowest BCUT2D eigenvalue weighted by atomic mass is 9.95. The van der Waals surface area contributed by atoms with E-state index in [0.717, 1.165) is 10.0 Å². The first-order chi connectivity index (χ1) is 17.1. The fourth-order valence-electron chi connectivity index (χ4n) is 3.59. The predicted molar refractivity (Wildman–Crippen MR) is 149 cm³/mol. The van der Waals surface area contributed by atoms with Gasteiger partial charge in [0.1, 0.15) is 12.4 Å². The van der Waals surface area contributed by atoms with Crippen LogP contribution in [0, 0.1) is 0 Å². The molecule has 1 heterocycles. The van der Waals surface area contributed by atoms with E-state index in [4.69, 9.17) is 37.7 Å². The van der Waals surface area contributed by atoms with Gasteiger partial charge in [-0.05, 0) is 42.0 Å². The summed E-state index contributed by atoms with van der Waals surface area (Å²) in [5.74, 6) is 1.42. The zero-order valence-corrected chi connectivity index (χ0v) is 23.3. The summed E-state index contributed by atoms with van der Waals surface area (Å²) in [6, 6.07) is 16.1. The molecule has 9 heteroatoms. The molecular weight excluding hydrogens is 565 g/mol. The molecule has 0 fully saturated rings. The van der Waals surface area contributed by atoms with Crippen LogP contribution in [0.25, 0.3) is 10.9 Å². The van der Waals surface area contributed by atoms with Crippen LogP contribution in [0.3, 0.4) is 0 Å². The number of fused-ring (bicyclic) bond motifs is 1. The molecule has 0 saturated carbocycles. The molecule has 0 unspecified atom stereocenters. The number of hydrogen-bond acceptors (Lipinski definition) is 5. The molecule has 0 N–H and O–H groups in total. The van der Waals surface area contributed by atoms with Gasteiger partial charge < -0.3 is 9.47 Å². The van der Waals surface area contributed by atoms with E-state index in [9.17, 15) is 4.79 Å². The summed E-state index contributed by atoms with van der Waals surface area (Å²) in [7, 11) is 1.54. The molecule has 0 saturated heterocycles. The van der Waals surface area contributed by atoms with Crippen molar-refractivity contribution in [3.05, 3.63) is 96.4 Å². The number of rotatable bonds is 6. The van der Waals surface area contributed by atoms with Gasteiger partial charge >= 0.3 is 0 Å². The number of ether oxygens (including phenoxy) is 2. The van der Waals surface area contributed by atoms with Crippen LogP contribution in [0.5, 0.6) is 11.5 Å². The molecule has 1 aromatic heterocycles. The number of methoxy groups -OCH3 is 1. The second-order valence-corrected chi connectivity index (χ2v) is 10.9. The Morgan fingerprint density at radius 2 is 1.78 bits per heavy atom. The molecule has 0 aliphatic rings. The van der Waals surface area contributed by atoms with Crippen molar-refractivity contribution in [3.8, 4) is 11.5 Å². The lowest BCUT2D eigenvalue weighted by Gasteiger charge is -2.21. The number of halogens is 3. The van der Waals surface area contributed by atoms with Gasteiger partial charge in [-0.25, -0.2) is 4.98 Å². The average molecular weight is 589 g/mol. The zero-order valence-electron chi connectivity index (χ0n) is 20.2. The quantitative estimate of drug-likeness (QED) is 0.223. The smallest absolute Gasteiger partial charge is 0.282 e. The maximum absolute atomic E-state index is 13.5. The SMILES string of the molecule is COc1cc(Cl)cc(C=Nn2c(C(C)(C)C)nc3ccc(Br)cc3c2=O)c1OCc1ccc(Cl)cc1. The second kappa shape index (κ2) is 10.6. The fraction of sp³-hybridized carbons (Fsp3) is 0.222. The molecule has 0 amide bonds. The van der Waals surface area contributed by atoms with Crippen LogP contribution in [-0.4, -0.2) is 23.0 Å². The Labute approximate surface area is 227 Å². The van der Waals surface area contributed by atoms with Crippen LogP contribution in [0.1, 0.15) is 37.7 Å². The fourth-order valence-corrected chi connectivity index (χ4v) is 4.29. The zero-order chi connectivity index (χ0) is 26.0. The number of nitrogens with zero attached hydrogens (tertiary/aromatic N) is 3. The molecule has 0 radical (unpaired) electrons. The van der Waals surface area contributed by atoms with Gasteiger partial charge in [0.2, 0.25) is 0 Å². The molecule has 3 aromatic carbocycles. The Morgan fingerprint density at radius 3 is 2.44 bits per heavy atom. The largest absolute Gasteiger partial charge is 0.493 e. The van der Waals surface area contributed by atoms with Crippen molar-refractivity contribution in [3.63, 3.8) is 0 Å². The highest BCUT2D eigenvalue weighted by Gasteiger charge is 2.23. The highest BCUT2D eigenvalue weighted by Crippen LogP contribution is 2.35. The third-order valence-corrected chi connectivity index (χ3v) is 6.32. The highest BCUT2D eigenvalue weighted by atomic mass is 79.9. The third kappa shape index (κ3) is 5.75. The van der Waals surface area contributed by atoms with Crippen molar-refractivity contribution < 1.29 is 9.47 Å². The number of aromatic nitrogens is 2.